The van der Waals surface area contributed by atoms with Gasteiger partial charge >= 0.3 is 5.69 Å². The molecule has 0 bridgehead atoms. The molecule has 0 atom stereocenters. The quantitative estimate of drug-likeness (QED) is 0.825. The lowest BCUT2D eigenvalue weighted by Crippen LogP contribution is -2.33. The van der Waals surface area contributed by atoms with E-state index in [1.54, 1.807) is 4.57 Å². The van der Waals surface area contributed by atoms with Crippen LogP contribution in [-0.2, 0) is 30.8 Å². The molecule has 0 aliphatic carbocycles. The van der Waals surface area contributed by atoms with E-state index in [1.807, 2.05) is 11.8 Å². The van der Waals surface area contributed by atoms with Crippen LogP contribution in [0.25, 0.3) is 0 Å². The second-order valence-electron chi connectivity index (χ2n) is 7.36. The van der Waals surface area contributed by atoms with Crippen LogP contribution in [-0.4, -0.2) is 44.8 Å². The summed E-state index contributed by atoms with van der Waals surface area (Å²) in [7, 11) is 0. The smallest absolute Gasteiger partial charge is 0.346 e. The van der Waals surface area contributed by atoms with Crippen LogP contribution in [0.1, 0.15) is 30.7 Å². The Kier molecular flexibility index (Phi) is 6.04. The fourth-order valence-electron chi connectivity index (χ4n) is 3.77. The topological polar surface area (TPSA) is 72.2 Å². The molecule has 0 spiro atoms. The molecule has 4 rings (SSSR count). The van der Waals surface area contributed by atoms with Gasteiger partial charge in [0.1, 0.15) is 12.4 Å². The molecule has 8 heteroatoms. The average Bonchev–Trinajstić information content (AvgIpc) is 2.89. The van der Waals surface area contributed by atoms with Crippen LogP contribution in [0.2, 0.25) is 0 Å². The molecule has 150 valence electrons. The van der Waals surface area contributed by atoms with Gasteiger partial charge in [-0.2, -0.15) is 16.9 Å². The number of nitrogens with one attached hydrogen (secondary N) is 1. The van der Waals surface area contributed by atoms with Crippen molar-refractivity contribution in [2.75, 3.05) is 29.5 Å². The maximum absolute atomic E-state index is 12.4. The first-order chi connectivity index (χ1) is 13.7. The van der Waals surface area contributed by atoms with Gasteiger partial charge < -0.3 is 10.2 Å². The number of nitrogens with zero attached hydrogens (tertiary/aromatic N) is 4. The highest BCUT2D eigenvalue weighted by Gasteiger charge is 2.17. The molecule has 0 unspecified atom stereocenters. The lowest BCUT2D eigenvalue weighted by molar-refractivity contribution is -0.122. The highest BCUT2D eigenvalue weighted by atomic mass is 32.2. The van der Waals surface area contributed by atoms with Gasteiger partial charge in [-0.1, -0.05) is 18.6 Å². The molecule has 3 heterocycles. The van der Waals surface area contributed by atoms with Gasteiger partial charge in [0, 0.05) is 49.8 Å². The summed E-state index contributed by atoms with van der Waals surface area (Å²) in [5, 5.41) is 7.27. The van der Waals surface area contributed by atoms with E-state index in [9.17, 15) is 9.59 Å². The van der Waals surface area contributed by atoms with Crippen molar-refractivity contribution in [2.45, 2.75) is 45.3 Å². The van der Waals surface area contributed by atoms with Gasteiger partial charge in [0.15, 0.2) is 0 Å². The molecule has 2 aliphatic heterocycles. The molecular formula is C20H27N5O2S. The van der Waals surface area contributed by atoms with E-state index in [-0.39, 0.29) is 18.1 Å². The van der Waals surface area contributed by atoms with Crippen molar-refractivity contribution in [1.29, 1.82) is 0 Å². The van der Waals surface area contributed by atoms with Crippen LogP contribution < -0.4 is 15.9 Å². The minimum absolute atomic E-state index is 0.0254. The van der Waals surface area contributed by atoms with E-state index in [2.05, 4.69) is 39.6 Å². The summed E-state index contributed by atoms with van der Waals surface area (Å²) in [6.07, 6.45) is 3.98. The number of aromatic nitrogens is 3. The zero-order chi connectivity index (χ0) is 19.3. The second kappa shape index (κ2) is 8.86. The summed E-state index contributed by atoms with van der Waals surface area (Å²) in [6, 6.07) is 8.35. The van der Waals surface area contributed by atoms with Gasteiger partial charge in [-0.25, -0.2) is 9.48 Å². The Morgan fingerprint density at radius 1 is 1.07 bits per heavy atom. The number of carbonyl (C=O) groups excluding carboxylic acids is 1. The third-order valence-corrected chi connectivity index (χ3v) is 6.32. The summed E-state index contributed by atoms with van der Waals surface area (Å²) in [6.45, 7) is 3.31. The van der Waals surface area contributed by atoms with Crippen molar-refractivity contribution in [2.24, 2.45) is 0 Å². The molecule has 1 fully saturated rings. The standard InChI is InChI=1S/C20H27N5O2S/c26-19(15-25-20(27)24-9-3-1-2-4-18(24)22-25)21-14-16-5-7-17(8-6-16)23-10-12-28-13-11-23/h5-8H,1-4,9-15H2,(H,21,26). The van der Waals surface area contributed by atoms with E-state index < -0.39 is 0 Å². The largest absolute Gasteiger partial charge is 0.370 e. The lowest BCUT2D eigenvalue weighted by Gasteiger charge is -2.28. The third-order valence-electron chi connectivity index (χ3n) is 5.38. The van der Waals surface area contributed by atoms with Crippen molar-refractivity contribution in [1.82, 2.24) is 19.7 Å². The Labute approximate surface area is 169 Å². The van der Waals surface area contributed by atoms with Crippen LogP contribution in [0.3, 0.4) is 0 Å². The fourth-order valence-corrected chi connectivity index (χ4v) is 4.67. The van der Waals surface area contributed by atoms with Crippen LogP contribution in [0.5, 0.6) is 0 Å². The summed E-state index contributed by atoms with van der Waals surface area (Å²) in [5.74, 6) is 2.97. The number of hydrogen-bond acceptors (Lipinski definition) is 5. The number of thioether (sulfide) groups is 1. The molecule has 28 heavy (non-hydrogen) atoms. The number of amides is 1. The SMILES string of the molecule is O=C(Cn1nc2n(c1=O)CCCCC2)NCc1ccc(N2CCSCC2)cc1. The number of benzene rings is 1. The van der Waals surface area contributed by atoms with E-state index in [0.717, 1.165) is 50.2 Å². The molecule has 1 aromatic heterocycles. The van der Waals surface area contributed by atoms with E-state index in [0.29, 0.717) is 13.1 Å². The fraction of sp³-hybridized carbons (Fsp3) is 0.550. The third kappa shape index (κ3) is 4.43. The second-order valence-corrected chi connectivity index (χ2v) is 8.59. The van der Waals surface area contributed by atoms with Crippen LogP contribution in [0.15, 0.2) is 29.1 Å². The van der Waals surface area contributed by atoms with Crippen LogP contribution in [0.4, 0.5) is 5.69 Å². The van der Waals surface area contributed by atoms with Gasteiger partial charge in [0.2, 0.25) is 5.91 Å². The maximum Gasteiger partial charge on any atom is 0.346 e. The van der Waals surface area contributed by atoms with E-state index in [4.69, 9.17) is 0 Å². The van der Waals surface area contributed by atoms with Crippen molar-refractivity contribution < 1.29 is 4.79 Å². The van der Waals surface area contributed by atoms with Crippen molar-refractivity contribution in [3.8, 4) is 0 Å². The first kappa shape index (κ1) is 19.1. The van der Waals surface area contributed by atoms with Gasteiger partial charge in [0.25, 0.3) is 0 Å². The predicted octanol–water partition coefficient (Wildman–Crippen LogP) is 1.64. The maximum atomic E-state index is 12.4. The molecule has 7 nitrogen and oxygen atoms in total. The number of rotatable bonds is 5. The number of anilines is 1. The number of aryl methyl sites for hydroxylation is 1. The highest BCUT2D eigenvalue weighted by Crippen LogP contribution is 2.19. The number of fused-ring (bicyclic) bond motifs is 1. The Bertz CT molecular complexity index is 868. The average molecular weight is 402 g/mol. The zero-order valence-corrected chi connectivity index (χ0v) is 16.9. The molecule has 2 aliphatic rings. The number of hydrogen-bond donors (Lipinski definition) is 1. The molecular weight excluding hydrogens is 374 g/mol. The van der Waals surface area contributed by atoms with E-state index >= 15 is 0 Å². The van der Waals surface area contributed by atoms with Crippen LogP contribution >= 0.6 is 11.8 Å². The van der Waals surface area contributed by atoms with Gasteiger partial charge in [-0.3, -0.25) is 9.36 Å². The predicted molar refractivity (Wildman–Crippen MR) is 112 cm³/mol. The summed E-state index contributed by atoms with van der Waals surface area (Å²) in [4.78, 5) is 27.1. The summed E-state index contributed by atoms with van der Waals surface area (Å²) >= 11 is 2.00. The van der Waals surface area contributed by atoms with Gasteiger partial charge in [0.05, 0.1) is 0 Å². The minimum Gasteiger partial charge on any atom is -0.370 e. The first-order valence-corrected chi connectivity index (χ1v) is 11.2. The number of carbonyl (C=O) groups is 1. The van der Waals surface area contributed by atoms with E-state index in [1.165, 1.54) is 21.9 Å². The Hall–Kier alpha value is -2.22. The minimum atomic E-state index is -0.188. The Morgan fingerprint density at radius 3 is 2.64 bits per heavy atom. The molecule has 0 radical (unpaired) electrons. The molecule has 0 saturated carbocycles. The molecule has 1 aromatic carbocycles. The van der Waals surface area contributed by atoms with Crippen molar-refractivity contribution in [3.63, 3.8) is 0 Å². The molecule has 2 aromatic rings. The van der Waals surface area contributed by atoms with Crippen LogP contribution in [0, 0.1) is 0 Å². The monoisotopic (exact) mass is 401 g/mol. The zero-order valence-electron chi connectivity index (χ0n) is 16.1. The molecule has 1 amide bonds. The normalized spacial score (nSPS) is 17.1. The van der Waals surface area contributed by atoms with Gasteiger partial charge in [-0.05, 0) is 30.5 Å². The Balaban J connectivity index is 1.31. The Morgan fingerprint density at radius 2 is 1.86 bits per heavy atom. The highest BCUT2D eigenvalue weighted by molar-refractivity contribution is 7.99. The van der Waals surface area contributed by atoms with Crippen molar-refractivity contribution in [3.05, 3.63) is 46.1 Å². The van der Waals surface area contributed by atoms with Gasteiger partial charge in [-0.15, -0.1) is 0 Å². The molecule has 1 N–H and O–H groups in total. The van der Waals surface area contributed by atoms with Crippen molar-refractivity contribution >= 4 is 23.4 Å². The lowest BCUT2D eigenvalue weighted by atomic mass is 10.2. The molecule has 1 saturated heterocycles. The first-order valence-electron chi connectivity index (χ1n) is 10.1. The summed E-state index contributed by atoms with van der Waals surface area (Å²) < 4.78 is 3.02. The summed E-state index contributed by atoms with van der Waals surface area (Å²) in [5.41, 5.74) is 2.12.